The lowest BCUT2D eigenvalue weighted by atomic mass is 9.97. The number of aromatic hydroxyl groups is 1. The Kier molecular flexibility index (Phi) is 3.61. The maximum atomic E-state index is 12.5. The largest absolute Gasteiger partial charge is 0.493 e. The first-order valence-corrected chi connectivity index (χ1v) is 8.93. The van der Waals surface area contributed by atoms with Crippen molar-refractivity contribution in [3.8, 4) is 5.88 Å². The molecule has 1 N–H and O–H groups in total. The Morgan fingerprint density at radius 3 is 2.71 bits per heavy atom. The average Bonchev–Trinajstić information content (AvgIpc) is 2.46. The summed E-state index contributed by atoms with van der Waals surface area (Å²) in [6, 6.07) is 1.64. The standard InChI is InChI=1S/C14H18N2O4S/c17-13-7-11-1-4-16(9-12(11)8-15-13)14(18)10-2-5-21(19,20)6-3-10/h7-8,10H,1-6,9H2,(H,15,17). The topological polar surface area (TPSA) is 87.6 Å². The summed E-state index contributed by atoms with van der Waals surface area (Å²) in [5.74, 6) is 0.0989. The van der Waals surface area contributed by atoms with Crippen LogP contribution in [-0.2, 0) is 27.6 Å². The van der Waals surface area contributed by atoms with E-state index in [-0.39, 0.29) is 29.2 Å². The Balaban J connectivity index is 1.69. The van der Waals surface area contributed by atoms with E-state index in [0.29, 0.717) is 32.4 Å². The smallest absolute Gasteiger partial charge is 0.226 e. The molecule has 21 heavy (non-hydrogen) atoms. The van der Waals surface area contributed by atoms with Gasteiger partial charge in [0.25, 0.3) is 0 Å². The highest BCUT2D eigenvalue weighted by Gasteiger charge is 2.32. The van der Waals surface area contributed by atoms with Gasteiger partial charge >= 0.3 is 0 Å². The zero-order chi connectivity index (χ0) is 15.0. The summed E-state index contributed by atoms with van der Waals surface area (Å²) in [7, 11) is -2.94. The fourth-order valence-electron chi connectivity index (χ4n) is 3.01. The molecule has 0 spiro atoms. The van der Waals surface area contributed by atoms with E-state index < -0.39 is 9.84 Å². The first-order valence-electron chi connectivity index (χ1n) is 7.10. The van der Waals surface area contributed by atoms with Gasteiger partial charge in [-0.3, -0.25) is 4.79 Å². The molecule has 1 fully saturated rings. The number of hydrogen-bond acceptors (Lipinski definition) is 5. The van der Waals surface area contributed by atoms with Crippen molar-refractivity contribution in [3.05, 3.63) is 23.4 Å². The Bertz CT molecular complexity index is 658. The van der Waals surface area contributed by atoms with Crippen LogP contribution < -0.4 is 0 Å². The van der Waals surface area contributed by atoms with Crippen LogP contribution in [0.4, 0.5) is 0 Å². The monoisotopic (exact) mass is 310 g/mol. The molecule has 1 amide bonds. The van der Waals surface area contributed by atoms with Gasteiger partial charge in [-0.05, 0) is 30.4 Å². The normalized spacial score (nSPS) is 21.8. The molecule has 1 aromatic rings. The molecule has 7 heteroatoms. The van der Waals surface area contributed by atoms with Gasteiger partial charge in [0.1, 0.15) is 9.84 Å². The van der Waals surface area contributed by atoms with Crippen LogP contribution in [0.3, 0.4) is 0 Å². The van der Waals surface area contributed by atoms with Gasteiger partial charge in [-0.1, -0.05) is 0 Å². The second kappa shape index (κ2) is 5.29. The van der Waals surface area contributed by atoms with Gasteiger partial charge in [-0.25, -0.2) is 13.4 Å². The highest BCUT2D eigenvalue weighted by atomic mass is 32.2. The van der Waals surface area contributed by atoms with Crippen molar-refractivity contribution in [2.75, 3.05) is 18.1 Å². The van der Waals surface area contributed by atoms with E-state index in [9.17, 15) is 18.3 Å². The van der Waals surface area contributed by atoms with Gasteiger partial charge < -0.3 is 10.0 Å². The zero-order valence-corrected chi connectivity index (χ0v) is 12.5. The quantitative estimate of drug-likeness (QED) is 0.816. The third kappa shape index (κ3) is 3.02. The number of amides is 1. The lowest BCUT2D eigenvalue weighted by molar-refractivity contribution is -0.136. The fraction of sp³-hybridized carbons (Fsp3) is 0.571. The minimum absolute atomic E-state index is 0.00557. The van der Waals surface area contributed by atoms with Crippen LogP contribution in [0.15, 0.2) is 12.3 Å². The van der Waals surface area contributed by atoms with Gasteiger partial charge in [0, 0.05) is 31.3 Å². The second-order valence-electron chi connectivity index (χ2n) is 5.75. The first kappa shape index (κ1) is 14.3. The Labute approximate surface area is 123 Å². The first-order chi connectivity index (χ1) is 9.94. The second-order valence-corrected chi connectivity index (χ2v) is 8.05. The van der Waals surface area contributed by atoms with Crippen LogP contribution in [0.5, 0.6) is 5.88 Å². The Morgan fingerprint density at radius 2 is 2.00 bits per heavy atom. The van der Waals surface area contributed by atoms with Crippen molar-refractivity contribution >= 4 is 15.7 Å². The van der Waals surface area contributed by atoms with Crippen molar-refractivity contribution in [2.45, 2.75) is 25.8 Å². The van der Waals surface area contributed by atoms with Gasteiger partial charge in [-0.2, -0.15) is 0 Å². The van der Waals surface area contributed by atoms with Crippen LogP contribution in [-0.4, -0.2) is 47.4 Å². The van der Waals surface area contributed by atoms with Gasteiger partial charge in [0.15, 0.2) is 0 Å². The molecule has 3 rings (SSSR count). The van der Waals surface area contributed by atoms with Crippen LogP contribution in [0.25, 0.3) is 0 Å². The molecule has 0 aliphatic carbocycles. The van der Waals surface area contributed by atoms with Crippen molar-refractivity contribution in [3.63, 3.8) is 0 Å². The van der Waals surface area contributed by atoms with Crippen molar-refractivity contribution in [2.24, 2.45) is 5.92 Å². The van der Waals surface area contributed by atoms with Crippen molar-refractivity contribution in [1.82, 2.24) is 9.88 Å². The summed E-state index contributed by atoms with van der Waals surface area (Å²) in [6.07, 6.45) is 3.16. The molecule has 1 saturated heterocycles. The number of aromatic nitrogens is 1. The average molecular weight is 310 g/mol. The molecule has 6 nitrogen and oxygen atoms in total. The minimum atomic E-state index is -2.94. The third-order valence-corrected chi connectivity index (χ3v) is 6.01. The van der Waals surface area contributed by atoms with Crippen LogP contribution in [0.1, 0.15) is 24.0 Å². The Hall–Kier alpha value is -1.63. The molecular weight excluding hydrogens is 292 g/mol. The van der Waals surface area contributed by atoms with E-state index in [4.69, 9.17) is 0 Å². The number of sulfone groups is 1. The van der Waals surface area contributed by atoms with Crippen molar-refractivity contribution in [1.29, 1.82) is 0 Å². The molecule has 2 aliphatic heterocycles. The molecule has 0 saturated carbocycles. The molecule has 0 radical (unpaired) electrons. The maximum absolute atomic E-state index is 12.5. The summed E-state index contributed by atoms with van der Waals surface area (Å²) in [5, 5.41) is 9.37. The number of carbonyl (C=O) groups excluding carboxylic acids is 1. The highest BCUT2D eigenvalue weighted by molar-refractivity contribution is 7.91. The number of hydrogen-bond donors (Lipinski definition) is 1. The lowest BCUT2D eigenvalue weighted by Gasteiger charge is -2.32. The van der Waals surface area contributed by atoms with E-state index in [1.54, 1.807) is 17.2 Å². The molecule has 0 aromatic carbocycles. The van der Waals surface area contributed by atoms with Gasteiger partial charge in [0.2, 0.25) is 11.8 Å². The minimum Gasteiger partial charge on any atom is -0.493 e. The Morgan fingerprint density at radius 1 is 1.29 bits per heavy atom. The molecule has 0 unspecified atom stereocenters. The number of pyridine rings is 1. The number of rotatable bonds is 1. The van der Waals surface area contributed by atoms with Crippen LogP contribution in [0.2, 0.25) is 0 Å². The van der Waals surface area contributed by atoms with E-state index in [1.807, 2.05) is 0 Å². The molecule has 3 heterocycles. The highest BCUT2D eigenvalue weighted by Crippen LogP contribution is 2.26. The maximum Gasteiger partial charge on any atom is 0.226 e. The zero-order valence-electron chi connectivity index (χ0n) is 11.7. The number of fused-ring (bicyclic) bond motifs is 1. The molecular formula is C14H18N2O4S. The summed E-state index contributed by atoms with van der Waals surface area (Å²) in [4.78, 5) is 18.1. The van der Waals surface area contributed by atoms with E-state index in [2.05, 4.69) is 4.98 Å². The van der Waals surface area contributed by atoms with Gasteiger partial charge in [-0.15, -0.1) is 0 Å². The molecule has 114 valence electrons. The van der Waals surface area contributed by atoms with E-state index in [0.717, 1.165) is 11.1 Å². The fourth-order valence-corrected chi connectivity index (χ4v) is 4.50. The third-order valence-electron chi connectivity index (χ3n) is 4.30. The van der Waals surface area contributed by atoms with E-state index in [1.165, 1.54) is 0 Å². The van der Waals surface area contributed by atoms with Crippen LogP contribution in [0, 0.1) is 5.92 Å². The summed E-state index contributed by atoms with van der Waals surface area (Å²) in [6.45, 7) is 1.10. The summed E-state index contributed by atoms with van der Waals surface area (Å²) in [5.41, 5.74) is 1.98. The lowest BCUT2D eigenvalue weighted by Crippen LogP contribution is -2.42. The predicted molar refractivity (Wildman–Crippen MR) is 76.4 cm³/mol. The van der Waals surface area contributed by atoms with Crippen molar-refractivity contribution < 1.29 is 18.3 Å². The predicted octanol–water partition coefficient (Wildman–Crippen LogP) is 0.497. The number of nitrogens with zero attached hydrogens (tertiary/aromatic N) is 2. The SMILES string of the molecule is O=C(C1CCS(=O)(=O)CC1)N1CCc2cc(O)ncc2C1. The molecule has 0 atom stereocenters. The van der Waals surface area contributed by atoms with Crippen LogP contribution >= 0.6 is 0 Å². The molecule has 2 aliphatic rings. The number of carbonyl (C=O) groups is 1. The summed E-state index contributed by atoms with van der Waals surface area (Å²) >= 11 is 0. The van der Waals surface area contributed by atoms with E-state index >= 15 is 0 Å². The van der Waals surface area contributed by atoms with Gasteiger partial charge in [0.05, 0.1) is 11.5 Å². The summed E-state index contributed by atoms with van der Waals surface area (Å²) < 4.78 is 22.9. The molecule has 1 aromatic heterocycles. The molecule has 0 bridgehead atoms.